The van der Waals surface area contributed by atoms with E-state index in [9.17, 15) is 18.5 Å². The molecule has 4 aromatic rings. The zero-order valence-electron chi connectivity index (χ0n) is 19.5. The molecule has 35 heavy (non-hydrogen) atoms. The van der Waals surface area contributed by atoms with E-state index in [4.69, 9.17) is 0 Å². The van der Waals surface area contributed by atoms with Crippen molar-refractivity contribution in [3.05, 3.63) is 93.2 Å². The molecule has 0 fully saturated rings. The summed E-state index contributed by atoms with van der Waals surface area (Å²) in [5, 5.41) is 16.5. The lowest BCUT2D eigenvalue weighted by molar-refractivity contribution is -0.385. The van der Waals surface area contributed by atoms with E-state index in [2.05, 4.69) is 33.2 Å². The number of aromatic nitrogens is 1. The summed E-state index contributed by atoms with van der Waals surface area (Å²) in [6.45, 7) is 5.77. The number of hydrogen-bond donors (Lipinski definition) is 3. The first-order valence-electron chi connectivity index (χ1n) is 11.0. The van der Waals surface area contributed by atoms with Gasteiger partial charge in [0, 0.05) is 34.8 Å². The molecule has 3 aromatic carbocycles. The van der Waals surface area contributed by atoms with Gasteiger partial charge in [-0.1, -0.05) is 42.8 Å². The van der Waals surface area contributed by atoms with E-state index in [1.807, 2.05) is 31.3 Å². The van der Waals surface area contributed by atoms with Crippen LogP contribution in [0.1, 0.15) is 29.2 Å². The Balaban J connectivity index is 1.67. The highest BCUT2D eigenvalue weighted by atomic mass is 32.2. The molecule has 0 spiro atoms. The number of non-ortho nitro benzene ring substituents is 1. The highest BCUT2D eigenvalue weighted by molar-refractivity contribution is 7.92. The number of anilines is 2. The summed E-state index contributed by atoms with van der Waals surface area (Å²) in [5.74, 6) is 0. The number of aryl methyl sites for hydroxylation is 3. The van der Waals surface area contributed by atoms with Crippen molar-refractivity contribution in [1.82, 2.24) is 4.98 Å². The van der Waals surface area contributed by atoms with E-state index in [1.165, 1.54) is 17.7 Å². The number of nitro groups is 1. The van der Waals surface area contributed by atoms with Gasteiger partial charge in [0.25, 0.3) is 15.7 Å². The molecule has 0 saturated carbocycles. The van der Waals surface area contributed by atoms with Crippen LogP contribution in [-0.4, -0.2) is 24.5 Å². The van der Waals surface area contributed by atoms with Gasteiger partial charge in [-0.3, -0.25) is 20.3 Å². The van der Waals surface area contributed by atoms with Crippen LogP contribution in [-0.2, 0) is 16.4 Å². The molecule has 0 radical (unpaired) electrons. The average Bonchev–Trinajstić information content (AvgIpc) is 3.24. The van der Waals surface area contributed by atoms with Crippen molar-refractivity contribution in [2.45, 2.75) is 32.1 Å². The zero-order valence-corrected chi connectivity index (χ0v) is 20.3. The SMILES string of the molecule is CCc1cccc2c(/C=N/Nc3ccc([N+](=O)[O-])cc3S(=O)(=O)Nc3ccc(C)cc3C)c[nH]c12. The quantitative estimate of drug-likeness (QED) is 0.170. The predicted octanol–water partition coefficient (Wildman–Crippen LogP) is 5.50. The fourth-order valence-electron chi connectivity index (χ4n) is 3.88. The number of hydrogen-bond acceptors (Lipinski definition) is 6. The number of hydrazone groups is 1. The second-order valence-electron chi connectivity index (χ2n) is 8.17. The Morgan fingerprint density at radius 3 is 2.57 bits per heavy atom. The number of nitrogens with zero attached hydrogens (tertiary/aromatic N) is 2. The van der Waals surface area contributed by atoms with Gasteiger partial charge in [0.05, 0.1) is 22.5 Å². The van der Waals surface area contributed by atoms with E-state index in [1.54, 1.807) is 25.3 Å². The number of rotatable bonds is 8. The third-order valence-corrected chi connectivity index (χ3v) is 7.10. The molecule has 0 bridgehead atoms. The van der Waals surface area contributed by atoms with Crippen LogP contribution in [0.3, 0.4) is 0 Å². The lowest BCUT2D eigenvalue weighted by atomic mass is 10.1. The summed E-state index contributed by atoms with van der Waals surface area (Å²) in [6, 6.07) is 14.9. The van der Waals surface area contributed by atoms with Gasteiger partial charge in [-0.2, -0.15) is 5.10 Å². The van der Waals surface area contributed by atoms with Crippen molar-refractivity contribution in [3.8, 4) is 0 Å². The molecule has 0 unspecified atom stereocenters. The molecular formula is C25H25N5O4S. The van der Waals surface area contributed by atoms with E-state index in [-0.39, 0.29) is 16.3 Å². The van der Waals surface area contributed by atoms with Crippen LogP contribution in [0.25, 0.3) is 10.9 Å². The summed E-state index contributed by atoms with van der Waals surface area (Å²) >= 11 is 0. The molecule has 4 rings (SSSR count). The number of H-pyrrole nitrogens is 1. The van der Waals surface area contributed by atoms with Gasteiger partial charge in [-0.15, -0.1) is 0 Å². The van der Waals surface area contributed by atoms with Crippen molar-refractivity contribution in [3.63, 3.8) is 0 Å². The number of benzene rings is 3. The summed E-state index contributed by atoms with van der Waals surface area (Å²) < 4.78 is 29.0. The monoisotopic (exact) mass is 491 g/mol. The normalized spacial score (nSPS) is 11.7. The second kappa shape index (κ2) is 9.59. The van der Waals surface area contributed by atoms with Gasteiger partial charge in [0.1, 0.15) is 4.90 Å². The molecule has 0 aliphatic rings. The van der Waals surface area contributed by atoms with Crippen molar-refractivity contribution in [2.75, 3.05) is 10.1 Å². The predicted molar refractivity (Wildman–Crippen MR) is 139 cm³/mol. The van der Waals surface area contributed by atoms with Crippen LogP contribution in [0, 0.1) is 24.0 Å². The summed E-state index contributed by atoms with van der Waals surface area (Å²) in [7, 11) is -4.16. The number of nitro benzene ring substituents is 1. The van der Waals surface area contributed by atoms with Crippen LogP contribution in [0.15, 0.2) is 70.8 Å². The molecule has 0 atom stereocenters. The Hall–Kier alpha value is -4.18. The molecule has 3 N–H and O–H groups in total. The average molecular weight is 492 g/mol. The first kappa shape index (κ1) is 24.0. The zero-order chi connectivity index (χ0) is 25.2. The fraction of sp³-hybridized carbons (Fsp3) is 0.160. The summed E-state index contributed by atoms with van der Waals surface area (Å²) in [6.07, 6.45) is 4.28. The molecule has 0 aliphatic heterocycles. The number of para-hydroxylation sites is 1. The largest absolute Gasteiger partial charge is 0.360 e. The molecule has 0 saturated heterocycles. The highest BCUT2D eigenvalue weighted by Crippen LogP contribution is 2.29. The van der Waals surface area contributed by atoms with Crippen molar-refractivity contribution >= 4 is 44.2 Å². The molecule has 1 aromatic heterocycles. The minimum absolute atomic E-state index is 0.109. The third-order valence-electron chi connectivity index (χ3n) is 5.70. The Kier molecular flexibility index (Phi) is 6.57. The number of fused-ring (bicyclic) bond motifs is 1. The van der Waals surface area contributed by atoms with Gasteiger partial charge < -0.3 is 4.98 Å². The maximum atomic E-state index is 13.2. The smallest absolute Gasteiger partial charge is 0.270 e. The van der Waals surface area contributed by atoms with Gasteiger partial charge >= 0.3 is 0 Å². The minimum atomic E-state index is -4.16. The van der Waals surface area contributed by atoms with Crippen molar-refractivity contribution in [1.29, 1.82) is 0 Å². The third kappa shape index (κ3) is 5.02. The van der Waals surface area contributed by atoms with Gasteiger partial charge in [-0.05, 0) is 43.5 Å². The van der Waals surface area contributed by atoms with Crippen LogP contribution < -0.4 is 10.1 Å². The minimum Gasteiger partial charge on any atom is -0.360 e. The molecule has 0 aliphatic carbocycles. The van der Waals surface area contributed by atoms with Crippen LogP contribution in [0.4, 0.5) is 17.1 Å². The van der Waals surface area contributed by atoms with Gasteiger partial charge in [-0.25, -0.2) is 8.42 Å². The Bertz CT molecular complexity index is 1560. The van der Waals surface area contributed by atoms with Gasteiger partial charge in [0.2, 0.25) is 0 Å². The fourth-order valence-corrected chi connectivity index (χ4v) is 5.19. The van der Waals surface area contributed by atoms with Crippen molar-refractivity contribution < 1.29 is 13.3 Å². The van der Waals surface area contributed by atoms with Crippen LogP contribution in [0.2, 0.25) is 0 Å². The van der Waals surface area contributed by atoms with E-state index in [0.717, 1.165) is 40.1 Å². The first-order valence-corrected chi connectivity index (χ1v) is 12.4. The van der Waals surface area contributed by atoms with E-state index in [0.29, 0.717) is 5.69 Å². The van der Waals surface area contributed by atoms with E-state index < -0.39 is 14.9 Å². The Labute approximate surface area is 203 Å². The van der Waals surface area contributed by atoms with Crippen LogP contribution >= 0.6 is 0 Å². The molecule has 9 nitrogen and oxygen atoms in total. The Morgan fingerprint density at radius 2 is 1.86 bits per heavy atom. The van der Waals surface area contributed by atoms with Gasteiger partial charge in [0.15, 0.2) is 0 Å². The molecule has 1 heterocycles. The van der Waals surface area contributed by atoms with Crippen LogP contribution in [0.5, 0.6) is 0 Å². The molecular weight excluding hydrogens is 466 g/mol. The molecule has 10 heteroatoms. The molecule has 0 amide bonds. The number of aromatic amines is 1. The summed E-state index contributed by atoms with van der Waals surface area (Å²) in [4.78, 5) is 13.7. The van der Waals surface area contributed by atoms with E-state index >= 15 is 0 Å². The van der Waals surface area contributed by atoms with Crippen molar-refractivity contribution in [2.24, 2.45) is 5.10 Å². The maximum Gasteiger partial charge on any atom is 0.270 e. The number of nitrogens with one attached hydrogen (secondary N) is 3. The molecule has 180 valence electrons. The number of sulfonamides is 1. The lowest BCUT2D eigenvalue weighted by Gasteiger charge is -2.14. The summed E-state index contributed by atoms with van der Waals surface area (Å²) in [5.41, 5.74) is 7.64. The second-order valence-corrected chi connectivity index (χ2v) is 9.82. The highest BCUT2D eigenvalue weighted by Gasteiger charge is 2.23. The maximum absolute atomic E-state index is 13.2. The topological polar surface area (TPSA) is 129 Å². The standard InChI is InChI=1S/C25H25N5O4S/c1-4-18-6-5-7-21-19(14-26-25(18)21)15-27-28-23-11-9-20(30(31)32)13-24(23)35(33,34)29-22-10-8-16(2)12-17(22)3/h5-15,26,28-29H,4H2,1-3H3/b27-15+. The lowest BCUT2D eigenvalue weighted by Crippen LogP contribution is -2.16. The first-order chi connectivity index (χ1) is 16.7. The Morgan fingerprint density at radius 1 is 1.09 bits per heavy atom.